The van der Waals surface area contributed by atoms with Crippen LogP contribution < -0.4 is 11.1 Å². The molecule has 0 aliphatic heterocycles. The van der Waals surface area contributed by atoms with Crippen LogP contribution in [0, 0.1) is 5.92 Å². The molecular weight excluding hydrogens is 272 g/mol. The van der Waals surface area contributed by atoms with Gasteiger partial charge in [-0.1, -0.05) is 6.92 Å². The first-order chi connectivity index (χ1) is 9.55. The molecule has 2 unspecified atom stereocenters. The zero-order valence-corrected chi connectivity index (χ0v) is 14.9. The first kappa shape index (κ1) is 20.0. The highest BCUT2D eigenvalue weighted by Gasteiger charge is 2.42. The Morgan fingerprint density at radius 3 is 1.90 bits per heavy atom. The molecule has 0 amide bonds. The van der Waals surface area contributed by atoms with Crippen molar-refractivity contribution in [2.75, 3.05) is 32.9 Å². The molecule has 122 valence electrons. The molecule has 0 saturated heterocycles. The normalized spacial score (nSPS) is 15.3. The van der Waals surface area contributed by atoms with Crippen molar-refractivity contribution >= 4 is 8.80 Å². The fraction of sp³-hybridized carbons (Fsp3) is 1.00. The minimum Gasteiger partial charge on any atom is -0.374 e. The maximum atomic E-state index is 5.90. The van der Waals surface area contributed by atoms with Crippen LogP contribution in [-0.2, 0) is 13.3 Å². The molecule has 0 radical (unpaired) electrons. The van der Waals surface area contributed by atoms with E-state index in [4.69, 9.17) is 19.0 Å². The Hall–Kier alpha value is 0.0169. The molecule has 0 spiro atoms. The maximum Gasteiger partial charge on any atom is 0.501 e. The van der Waals surface area contributed by atoms with Crippen molar-refractivity contribution in [3.63, 3.8) is 0 Å². The Kier molecular flexibility index (Phi) is 11.7. The Morgan fingerprint density at radius 1 is 1.00 bits per heavy atom. The summed E-state index contributed by atoms with van der Waals surface area (Å²) in [4.78, 5) is 0. The van der Waals surface area contributed by atoms with E-state index in [-0.39, 0.29) is 0 Å². The molecule has 0 rings (SSSR count). The Morgan fingerprint density at radius 2 is 1.50 bits per heavy atom. The van der Waals surface area contributed by atoms with E-state index in [2.05, 4.69) is 19.2 Å². The lowest BCUT2D eigenvalue weighted by Crippen LogP contribution is -2.49. The van der Waals surface area contributed by atoms with Crippen LogP contribution in [0.15, 0.2) is 0 Å². The van der Waals surface area contributed by atoms with Gasteiger partial charge in [-0.15, -0.1) is 0 Å². The summed E-state index contributed by atoms with van der Waals surface area (Å²) in [5.74, 6) is 0.434. The zero-order valence-electron chi connectivity index (χ0n) is 13.9. The highest BCUT2D eigenvalue weighted by Crippen LogP contribution is 2.23. The van der Waals surface area contributed by atoms with Gasteiger partial charge in [-0.25, -0.2) is 0 Å². The van der Waals surface area contributed by atoms with Gasteiger partial charge in [0, 0.05) is 31.9 Å². The highest BCUT2D eigenvalue weighted by molar-refractivity contribution is 6.60. The molecule has 2 atom stereocenters. The Bertz CT molecular complexity index is 215. The van der Waals surface area contributed by atoms with Crippen molar-refractivity contribution in [3.05, 3.63) is 0 Å². The van der Waals surface area contributed by atoms with E-state index in [1.807, 2.05) is 20.8 Å². The largest absolute Gasteiger partial charge is 0.501 e. The van der Waals surface area contributed by atoms with Crippen molar-refractivity contribution in [2.24, 2.45) is 11.7 Å². The van der Waals surface area contributed by atoms with Gasteiger partial charge in [0.2, 0.25) is 0 Å². The Balaban J connectivity index is 4.51. The van der Waals surface area contributed by atoms with Gasteiger partial charge in [-0.05, 0) is 53.1 Å². The van der Waals surface area contributed by atoms with E-state index in [0.717, 1.165) is 25.6 Å². The predicted octanol–water partition coefficient (Wildman–Crippen LogP) is 2.00. The quantitative estimate of drug-likeness (QED) is 0.402. The van der Waals surface area contributed by atoms with E-state index in [1.165, 1.54) is 0 Å². The van der Waals surface area contributed by atoms with Crippen LogP contribution in [-0.4, -0.2) is 47.8 Å². The third-order valence-corrected chi connectivity index (χ3v) is 6.69. The maximum absolute atomic E-state index is 5.90. The fourth-order valence-electron chi connectivity index (χ4n) is 2.17. The Labute approximate surface area is 125 Å². The SMILES string of the molecule is CCO[Si](CC(C)C(C)NCCCN)(OCC)OCC. The van der Waals surface area contributed by atoms with Crippen LogP contribution in [0.5, 0.6) is 0 Å². The first-order valence-electron chi connectivity index (χ1n) is 7.90. The van der Waals surface area contributed by atoms with Crippen molar-refractivity contribution in [1.82, 2.24) is 5.32 Å². The summed E-state index contributed by atoms with van der Waals surface area (Å²) < 4.78 is 17.7. The molecule has 20 heavy (non-hydrogen) atoms. The second-order valence-electron chi connectivity index (χ2n) is 5.05. The molecule has 0 aliphatic carbocycles. The summed E-state index contributed by atoms with van der Waals surface area (Å²) in [6.45, 7) is 14.0. The number of hydrogen-bond donors (Lipinski definition) is 2. The van der Waals surface area contributed by atoms with Gasteiger partial charge in [0.15, 0.2) is 0 Å². The van der Waals surface area contributed by atoms with Crippen LogP contribution in [0.4, 0.5) is 0 Å². The average molecular weight is 307 g/mol. The first-order valence-corrected chi connectivity index (χ1v) is 9.83. The standard InChI is InChI=1S/C14H34N2O3Si/c1-6-17-20(18-7-2,19-8-3)12-13(4)14(5)16-11-9-10-15/h13-14,16H,6-12,15H2,1-5H3. The minimum absolute atomic E-state index is 0.398. The van der Waals surface area contributed by atoms with E-state index in [9.17, 15) is 0 Å². The topological polar surface area (TPSA) is 65.7 Å². The third kappa shape index (κ3) is 7.71. The summed E-state index contributed by atoms with van der Waals surface area (Å²) in [5, 5.41) is 3.51. The molecule has 0 bridgehead atoms. The molecule has 0 aromatic carbocycles. The molecule has 0 aromatic heterocycles. The van der Waals surface area contributed by atoms with Gasteiger partial charge in [0.25, 0.3) is 0 Å². The van der Waals surface area contributed by atoms with Crippen LogP contribution in [0.2, 0.25) is 6.04 Å². The van der Waals surface area contributed by atoms with Crippen LogP contribution in [0.1, 0.15) is 41.0 Å². The van der Waals surface area contributed by atoms with Crippen molar-refractivity contribution in [3.8, 4) is 0 Å². The van der Waals surface area contributed by atoms with E-state index < -0.39 is 8.80 Å². The minimum atomic E-state index is -2.53. The van der Waals surface area contributed by atoms with Crippen molar-refractivity contribution in [2.45, 2.75) is 53.1 Å². The van der Waals surface area contributed by atoms with Gasteiger partial charge in [0.1, 0.15) is 0 Å². The summed E-state index contributed by atoms with van der Waals surface area (Å²) in [5.41, 5.74) is 5.52. The molecule has 0 aliphatic rings. The summed E-state index contributed by atoms with van der Waals surface area (Å²) >= 11 is 0. The van der Waals surface area contributed by atoms with Crippen LogP contribution in [0.25, 0.3) is 0 Å². The molecule has 3 N–H and O–H groups in total. The molecule has 5 nitrogen and oxygen atoms in total. The number of rotatable bonds is 13. The molecule has 6 heteroatoms. The highest BCUT2D eigenvalue weighted by atomic mass is 28.4. The van der Waals surface area contributed by atoms with Gasteiger partial charge < -0.3 is 24.3 Å². The van der Waals surface area contributed by atoms with E-state index in [0.29, 0.717) is 31.8 Å². The molecular formula is C14H34N2O3Si. The summed E-state index contributed by atoms with van der Waals surface area (Å²) in [7, 11) is -2.53. The van der Waals surface area contributed by atoms with Crippen molar-refractivity contribution in [1.29, 1.82) is 0 Å². The van der Waals surface area contributed by atoms with E-state index >= 15 is 0 Å². The number of hydrogen-bond acceptors (Lipinski definition) is 5. The third-order valence-electron chi connectivity index (χ3n) is 3.37. The fourth-order valence-corrected chi connectivity index (χ4v) is 5.23. The second-order valence-corrected chi connectivity index (χ2v) is 7.69. The molecule has 0 heterocycles. The van der Waals surface area contributed by atoms with Gasteiger partial charge in [-0.3, -0.25) is 0 Å². The summed E-state index contributed by atoms with van der Waals surface area (Å²) in [6, 6.07) is 1.24. The van der Waals surface area contributed by atoms with Crippen LogP contribution in [0.3, 0.4) is 0 Å². The van der Waals surface area contributed by atoms with E-state index in [1.54, 1.807) is 0 Å². The lowest BCUT2D eigenvalue weighted by molar-refractivity contribution is 0.0662. The molecule has 0 aromatic rings. The van der Waals surface area contributed by atoms with Gasteiger partial charge >= 0.3 is 8.80 Å². The van der Waals surface area contributed by atoms with Gasteiger partial charge in [-0.2, -0.15) is 0 Å². The lowest BCUT2D eigenvalue weighted by atomic mass is 10.1. The van der Waals surface area contributed by atoms with Crippen LogP contribution >= 0.6 is 0 Å². The average Bonchev–Trinajstić information content (AvgIpc) is 2.39. The number of nitrogens with two attached hydrogens (primary N) is 1. The zero-order chi connectivity index (χ0) is 15.4. The predicted molar refractivity (Wildman–Crippen MR) is 85.7 cm³/mol. The van der Waals surface area contributed by atoms with Crippen molar-refractivity contribution < 1.29 is 13.3 Å². The summed E-state index contributed by atoms with van der Waals surface area (Å²) in [6.07, 6.45) is 1.00. The molecule has 0 saturated carbocycles. The second kappa shape index (κ2) is 11.7. The molecule has 0 fully saturated rings. The lowest BCUT2D eigenvalue weighted by Gasteiger charge is -2.32. The smallest absolute Gasteiger partial charge is 0.374 e. The van der Waals surface area contributed by atoms with Gasteiger partial charge in [0.05, 0.1) is 0 Å². The monoisotopic (exact) mass is 306 g/mol. The number of nitrogens with one attached hydrogen (secondary N) is 1.